The van der Waals surface area contributed by atoms with Crippen molar-refractivity contribution in [2.24, 2.45) is 5.41 Å². The van der Waals surface area contributed by atoms with E-state index in [2.05, 4.69) is 11.6 Å². The molecule has 2 rings (SSSR count). The van der Waals surface area contributed by atoms with Crippen LogP contribution in [-0.4, -0.2) is 20.1 Å². The van der Waals surface area contributed by atoms with Crippen LogP contribution in [0.2, 0.25) is 0 Å². The van der Waals surface area contributed by atoms with Crippen LogP contribution in [0.5, 0.6) is 0 Å². The first-order valence-electron chi connectivity index (χ1n) is 5.56. The van der Waals surface area contributed by atoms with Crippen molar-refractivity contribution < 1.29 is 13.5 Å². The Balaban J connectivity index is 2.15. The van der Waals surface area contributed by atoms with Gasteiger partial charge in [0, 0.05) is 16.3 Å². The van der Waals surface area contributed by atoms with Gasteiger partial charge in [0.15, 0.2) is 0 Å². The Bertz CT molecular complexity index is 515. The van der Waals surface area contributed by atoms with Crippen LogP contribution in [0.3, 0.4) is 0 Å². The Labute approximate surface area is 106 Å². The fraction of sp³-hybridized carbons (Fsp3) is 0.636. The number of hydrogen-bond donors (Lipinski definition) is 2. The third-order valence-electron chi connectivity index (χ3n) is 3.16. The fourth-order valence-electron chi connectivity index (χ4n) is 1.61. The second kappa shape index (κ2) is 4.35. The molecule has 4 nitrogen and oxygen atoms in total. The van der Waals surface area contributed by atoms with Gasteiger partial charge in [0.05, 0.1) is 11.5 Å². The Hall–Kier alpha value is -0.430. The molecule has 1 heterocycles. The molecule has 0 atom stereocenters. The van der Waals surface area contributed by atoms with Gasteiger partial charge in [-0.05, 0) is 31.2 Å². The maximum absolute atomic E-state index is 12.1. The molecule has 1 aliphatic rings. The summed E-state index contributed by atoms with van der Waals surface area (Å²) in [6.45, 7) is 4.23. The molecule has 1 fully saturated rings. The summed E-state index contributed by atoms with van der Waals surface area (Å²) in [7, 11) is -3.42. The highest BCUT2D eigenvalue weighted by atomic mass is 32.2. The molecular formula is C11H17NO3S2. The number of nitrogens with one attached hydrogen (secondary N) is 1. The maximum Gasteiger partial charge on any atom is 0.241 e. The molecule has 1 saturated carbocycles. The highest BCUT2D eigenvalue weighted by Crippen LogP contribution is 2.44. The highest BCUT2D eigenvalue weighted by Gasteiger charge is 2.38. The molecule has 0 aromatic carbocycles. The molecule has 0 bridgehead atoms. The van der Waals surface area contributed by atoms with Crippen molar-refractivity contribution in [1.29, 1.82) is 0 Å². The van der Waals surface area contributed by atoms with Crippen LogP contribution < -0.4 is 4.72 Å². The van der Waals surface area contributed by atoms with E-state index in [1.54, 1.807) is 13.0 Å². The second-order valence-electron chi connectivity index (χ2n) is 4.93. The van der Waals surface area contributed by atoms with Crippen molar-refractivity contribution in [3.63, 3.8) is 0 Å². The third-order valence-corrected chi connectivity index (χ3v) is 5.85. The summed E-state index contributed by atoms with van der Waals surface area (Å²) in [5.74, 6) is 0. The van der Waals surface area contributed by atoms with Gasteiger partial charge in [-0.25, -0.2) is 13.1 Å². The fourth-order valence-corrected chi connectivity index (χ4v) is 4.30. The van der Waals surface area contributed by atoms with Gasteiger partial charge in [0.1, 0.15) is 0 Å². The number of thiophene rings is 1. The Kier molecular flexibility index (Phi) is 3.33. The lowest BCUT2D eigenvalue weighted by Gasteiger charge is -2.10. The van der Waals surface area contributed by atoms with Crippen molar-refractivity contribution in [2.75, 3.05) is 6.54 Å². The molecule has 1 aliphatic carbocycles. The van der Waals surface area contributed by atoms with E-state index in [1.807, 2.05) is 0 Å². The SMILES string of the molecule is Cc1sc(CO)cc1S(=O)(=O)NCC1(C)CC1. The van der Waals surface area contributed by atoms with E-state index >= 15 is 0 Å². The van der Waals surface area contributed by atoms with E-state index in [0.717, 1.165) is 17.7 Å². The van der Waals surface area contributed by atoms with Gasteiger partial charge < -0.3 is 5.11 Å². The van der Waals surface area contributed by atoms with E-state index in [1.165, 1.54) is 11.3 Å². The lowest BCUT2D eigenvalue weighted by atomic mass is 10.2. The number of aliphatic hydroxyl groups excluding tert-OH is 1. The van der Waals surface area contributed by atoms with E-state index in [-0.39, 0.29) is 12.0 Å². The number of aryl methyl sites for hydroxylation is 1. The van der Waals surface area contributed by atoms with Crippen molar-refractivity contribution in [1.82, 2.24) is 4.72 Å². The molecular weight excluding hydrogens is 258 g/mol. The van der Waals surface area contributed by atoms with E-state index < -0.39 is 10.0 Å². The highest BCUT2D eigenvalue weighted by molar-refractivity contribution is 7.89. The molecule has 1 aromatic rings. The van der Waals surface area contributed by atoms with Crippen LogP contribution >= 0.6 is 11.3 Å². The summed E-state index contributed by atoms with van der Waals surface area (Å²) < 4.78 is 26.8. The molecule has 17 heavy (non-hydrogen) atoms. The monoisotopic (exact) mass is 275 g/mol. The van der Waals surface area contributed by atoms with Gasteiger partial charge in [-0.2, -0.15) is 0 Å². The molecule has 6 heteroatoms. The molecule has 2 N–H and O–H groups in total. The van der Waals surface area contributed by atoms with Crippen LogP contribution in [0.25, 0.3) is 0 Å². The summed E-state index contributed by atoms with van der Waals surface area (Å²) in [6, 6.07) is 1.55. The molecule has 1 aromatic heterocycles. The van der Waals surface area contributed by atoms with Gasteiger partial charge in [0.25, 0.3) is 0 Å². The Morgan fingerprint density at radius 2 is 2.18 bits per heavy atom. The van der Waals surface area contributed by atoms with Gasteiger partial charge in [0.2, 0.25) is 10.0 Å². The lowest BCUT2D eigenvalue weighted by Crippen LogP contribution is -2.29. The minimum absolute atomic E-state index is 0.112. The summed E-state index contributed by atoms with van der Waals surface area (Å²) in [6.07, 6.45) is 2.17. The van der Waals surface area contributed by atoms with Crippen LogP contribution in [-0.2, 0) is 16.6 Å². The minimum atomic E-state index is -3.42. The summed E-state index contributed by atoms with van der Waals surface area (Å²) in [5.41, 5.74) is 0.150. The van der Waals surface area contributed by atoms with Gasteiger partial charge in [-0.1, -0.05) is 6.92 Å². The van der Waals surface area contributed by atoms with E-state index in [0.29, 0.717) is 16.3 Å². The summed E-state index contributed by atoms with van der Waals surface area (Å²) >= 11 is 1.32. The van der Waals surface area contributed by atoms with Crippen LogP contribution in [0.15, 0.2) is 11.0 Å². The predicted molar refractivity (Wildman–Crippen MR) is 67.5 cm³/mol. The molecule has 0 unspecified atom stereocenters. The number of rotatable bonds is 5. The first kappa shape index (κ1) is 13.0. The topological polar surface area (TPSA) is 66.4 Å². The van der Waals surface area contributed by atoms with Gasteiger partial charge in [-0.3, -0.25) is 0 Å². The standard InChI is InChI=1S/C11H17NO3S2/c1-8-10(5-9(6-13)16-8)17(14,15)12-7-11(2)3-4-11/h5,12-13H,3-4,6-7H2,1-2H3. The predicted octanol–water partition coefficient (Wildman–Crippen LogP) is 1.63. The van der Waals surface area contributed by atoms with Crippen molar-refractivity contribution in [3.8, 4) is 0 Å². The van der Waals surface area contributed by atoms with Crippen molar-refractivity contribution in [2.45, 2.75) is 38.2 Å². The zero-order valence-corrected chi connectivity index (χ0v) is 11.6. The minimum Gasteiger partial charge on any atom is -0.391 e. The molecule has 0 aliphatic heterocycles. The quantitative estimate of drug-likeness (QED) is 0.858. The molecule has 0 radical (unpaired) electrons. The Morgan fingerprint density at radius 1 is 1.53 bits per heavy atom. The molecule has 0 spiro atoms. The summed E-state index contributed by atoms with van der Waals surface area (Å²) in [5, 5.41) is 9.01. The summed E-state index contributed by atoms with van der Waals surface area (Å²) in [4.78, 5) is 1.71. The number of aliphatic hydroxyl groups is 1. The van der Waals surface area contributed by atoms with Crippen LogP contribution in [0.1, 0.15) is 29.5 Å². The first-order valence-corrected chi connectivity index (χ1v) is 7.86. The first-order chi connectivity index (χ1) is 7.86. The Morgan fingerprint density at radius 3 is 2.65 bits per heavy atom. The zero-order chi connectivity index (χ0) is 12.7. The number of sulfonamides is 1. The zero-order valence-electron chi connectivity index (χ0n) is 9.99. The van der Waals surface area contributed by atoms with E-state index in [4.69, 9.17) is 5.11 Å². The molecule has 96 valence electrons. The smallest absolute Gasteiger partial charge is 0.241 e. The maximum atomic E-state index is 12.1. The van der Waals surface area contributed by atoms with Gasteiger partial charge in [-0.15, -0.1) is 11.3 Å². The number of hydrogen-bond acceptors (Lipinski definition) is 4. The lowest BCUT2D eigenvalue weighted by molar-refractivity contribution is 0.285. The third kappa shape index (κ3) is 2.88. The average Bonchev–Trinajstić information content (AvgIpc) is 2.87. The van der Waals surface area contributed by atoms with Crippen molar-refractivity contribution >= 4 is 21.4 Å². The normalized spacial score (nSPS) is 18.3. The van der Waals surface area contributed by atoms with Crippen molar-refractivity contribution in [3.05, 3.63) is 15.8 Å². The van der Waals surface area contributed by atoms with Crippen LogP contribution in [0.4, 0.5) is 0 Å². The van der Waals surface area contributed by atoms with Gasteiger partial charge >= 0.3 is 0 Å². The van der Waals surface area contributed by atoms with Crippen LogP contribution in [0, 0.1) is 12.3 Å². The van der Waals surface area contributed by atoms with E-state index in [9.17, 15) is 8.42 Å². The average molecular weight is 275 g/mol. The largest absolute Gasteiger partial charge is 0.391 e. The second-order valence-corrected chi connectivity index (χ2v) is 8.00. The molecule has 0 saturated heterocycles. The molecule has 0 amide bonds.